The number of aryl methyl sites for hydroxylation is 1. The summed E-state index contributed by atoms with van der Waals surface area (Å²) in [6, 6.07) is 7.66. The van der Waals surface area contributed by atoms with Crippen LogP contribution in [0.25, 0.3) is 0 Å². The molecular formula is C16H22N2O2. The van der Waals surface area contributed by atoms with E-state index in [-0.39, 0.29) is 23.7 Å². The van der Waals surface area contributed by atoms with Crippen LogP contribution in [-0.2, 0) is 9.59 Å². The SMILES string of the molecule is Cc1ccccc1NC(=O)C1CC1C(=O)NCC(C)C. The molecule has 4 nitrogen and oxygen atoms in total. The number of anilines is 1. The summed E-state index contributed by atoms with van der Waals surface area (Å²) in [4.78, 5) is 23.9. The van der Waals surface area contributed by atoms with E-state index in [0.29, 0.717) is 18.9 Å². The molecule has 1 aliphatic carbocycles. The molecule has 0 radical (unpaired) electrons. The maximum absolute atomic E-state index is 12.1. The minimum atomic E-state index is -0.179. The third-order valence-corrected chi connectivity index (χ3v) is 3.55. The third-order valence-electron chi connectivity index (χ3n) is 3.55. The van der Waals surface area contributed by atoms with Crippen molar-refractivity contribution in [3.63, 3.8) is 0 Å². The lowest BCUT2D eigenvalue weighted by Gasteiger charge is -2.09. The van der Waals surface area contributed by atoms with Crippen molar-refractivity contribution in [3.8, 4) is 0 Å². The molecule has 1 aliphatic rings. The molecule has 2 atom stereocenters. The largest absolute Gasteiger partial charge is 0.356 e. The maximum atomic E-state index is 12.1. The van der Waals surface area contributed by atoms with Crippen molar-refractivity contribution in [3.05, 3.63) is 29.8 Å². The minimum Gasteiger partial charge on any atom is -0.356 e. The molecule has 0 heterocycles. The van der Waals surface area contributed by atoms with Crippen molar-refractivity contribution in [2.75, 3.05) is 11.9 Å². The van der Waals surface area contributed by atoms with Crippen molar-refractivity contribution >= 4 is 17.5 Å². The molecule has 1 aromatic carbocycles. The van der Waals surface area contributed by atoms with Crippen molar-refractivity contribution in [2.24, 2.45) is 17.8 Å². The fourth-order valence-corrected chi connectivity index (χ4v) is 2.15. The van der Waals surface area contributed by atoms with Gasteiger partial charge in [0.2, 0.25) is 11.8 Å². The first-order valence-corrected chi connectivity index (χ1v) is 7.13. The van der Waals surface area contributed by atoms with Gasteiger partial charge in [-0.25, -0.2) is 0 Å². The molecule has 1 saturated carbocycles. The molecule has 0 saturated heterocycles. The summed E-state index contributed by atoms with van der Waals surface area (Å²) in [5.41, 5.74) is 1.85. The van der Waals surface area contributed by atoms with Crippen LogP contribution in [0.1, 0.15) is 25.8 Å². The van der Waals surface area contributed by atoms with E-state index in [2.05, 4.69) is 24.5 Å². The van der Waals surface area contributed by atoms with Crippen LogP contribution in [0.3, 0.4) is 0 Å². The van der Waals surface area contributed by atoms with Gasteiger partial charge in [0.25, 0.3) is 0 Å². The average Bonchev–Trinajstić information content (AvgIpc) is 3.19. The number of carbonyl (C=O) groups excluding carboxylic acids is 2. The monoisotopic (exact) mass is 274 g/mol. The van der Waals surface area contributed by atoms with Gasteiger partial charge in [-0.15, -0.1) is 0 Å². The molecule has 1 aromatic rings. The summed E-state index contributed by atoms with van der Waals surface area (Å²) >= 11 is 0. The highest BCUT2D eigenvalue weighted by atomic mass is 16.2. The highest BCUT2D eigenvalue weighted by Gasteiger charge is 2.47. The van der Waals surface area contributed by atoms with Gasteiger partial charge < -0.3 is 10.6 Å². The Labute approximate surface area is 119 Å². The van der Waals surface area contributed by atoms with E-state index in [1.165, 1.54) is 0 Å². The summed E-state index contributed by atoms with van der Waals surface area (Å²) in [5, 5.41) is 5.79. The van der Waals surface area contributed by atoms with Crippen LogP contribution in [0.15, 0.2) is 24.3 Å². The lowest BCUT2D eigenvalue weighted by Crippen LogP contribution is -2.30. The van der Waals surface area contributed by atoms with Crippen molar-refractivity contribution < 1.29 is 9.59 Å². The first-order valence-electron chi connectivity index (χ1n) is 7.13. The summed E-state index contributed by atoms with van der Waals surface area (Å²) in [6.07, 6.45) is 0.654. The van der Waals surface area contributed by atoms with Gasteiger partial charge in [0.15, 0.2) is 0 Å². The number of benzene rings is 1. The van der Waals surface area contributed by atoms with Crippen LogP contribution >= 0.6 is 0 Å². The minimum absolute atomic E-state index is 0.00336. The Morgan fingerprint density at radius 3 is 2.50 bits per heavy atom. The molecule has 0 aromatic heterocycles. The molecule has 2 amide bonds. The summed E-state index contributed by atoms with van der Waals surface area (Å²) in [6.45, 7) is 6.72. The van der Waals surface area contributed by atoms with Gasteiger partial charge in [-0.05, 0) is 30.9 Å². The lowest BCUT2D eigenvalue weighted by atomic mass is 10.2. The Morgan fingerprint density at radius 1 is 1.20 bits per heavy atom. The van der Waals surface area contributed by atoms with Gasteiger partial charge in [0.1, 0.15) is 0 Å². The highest BCUT2D eigenvalue weighted by Crippen LogP contribution is 2.39. The van der Waals surface area contributed by atoms with Crippen molar-refractivity contribution in [1.82, 2.24) is 5.32 Å². The number of hydrogen-bond donors (Lipinski definition) is 2. The van der Waals surface area contributed by atoms with E-state index in [4.69, 9.17) is 0 Å². The van der Waals surface area contributed by atoms with Crippen LogP contribution in [-0.4, -0.2) is 18.4 Å². The van der Waals surface area contributed by atoms with E-state index >= 15 is 0 Å². The van der Waals surface area contributed by atoms with Crippen LogP contribution in [0.2, 0.25) is 0 Å². The first kappa shape index (κ1) is 14.6. The van der Waals surface area contributed by atoms with E-state index in [1.807, 2.05) is 31.2 Å². The second-order valence-corrected chi connectivity index (χ2v) is 5.89. The van der Waals surface area contributed by atoms with Gasteiger partial charge in [0.05, 0.1) is 11.8 Å². The van der Waals surface area contributed by atoms with Crippen LogP contribution in [0.4, 0.5) is 5.69 Å². The standard InChI is InChI=1S/C16H22N2O2/c1-10(2)9-17-15(19)12-8-13(12)16(20)18-14-7-5-4-6-11(14)3/h4-7,10,12-13H,8-9H2,1-3H3,(H,17,19)(H,18,20). The third kappa shape index (κ3) is 3.59. The molecular weight excluding hydrogens is 252 g/mol. The Morgan fingerprint density at radius 2 is 1.85 bits per heavy atom. The van der Waals surface area contributed by atoms with E-state index in [1.54, 1.807) is 0 Å². The van der Waals surface area contributed by atoms with Gasteiger partial charge in [0, 0.05) is 12.2 Å². The second kappa shape index (κ2) is 6.07. The Hall–Kier alpha value is -1.84. The van der Waals surface area contributed by atoms with Crippen molar-refractivity contribution in [2.45, 2.75) is 27.2 Å². The number of rotatable bonds is 5. The summed E-state index contributed by atoms with van der Waals surface area (Å²) < 4.78 is 0. The van der Waals surface area contributed by atoms with E-state index in [0.717, 1.165) is 11.3 Å². The zero-order valence-electron chi connectivity index (χ0n) is 12.3. The predicted molar refractivity (Wildman–Crippen MR) is 79.3 cm³/mol. The molecule has 4 heteroatoms. The van der Waals surface area contributed by atoms with Gasteiger partial charge in [-0.3, -0.25) is 9.59 Å². The fraction of sp³-hybridized carbons (Fsp3) is 0.500. The lowest BCUT2D eigenvalue weighted by molar-refractivity contribution is -0.125. The van der Waals surface area contributed by atoms with Gasteiger partial charge >= 0.3 is 0 Å². The van der Waals surface area contributed by atoms with Crippen molar-refractivity contribution in [1.29, 1.82) is 0 Å². The first-order chi connectivity index (χ1) is 9.49. The Kier molecular flexibility index (Phi) is 4.42. The predicted octanol–water partition coefficient (Wildman–Crippen LogP) is 2.34. The highest BCUT2D eigenvalue weighted by molar-refractivity contribution is 5.99. The number of amides is 2. The molecule has 0 spiro atoms. The number of hydrogen-bond acceptors (Lipinski definition) is 2. The number of para-hydroxylation sites is 1. The normalized spacial score (nSPS) is 20.6. The van der Waals surface area contributed by atoms with E-state index < -0.39 is 0 Å². The quantitative estimate of drug-likeness (QED) is 0.866. The molecule has 2 unspecified atom stereocenters. The second-order valence-electron chi connectivity index (χ2n) is 5.89. The molecule has 1 fully saturated rings. The van der Waals surface area contributed by atoms with Crippen LogP contribution in [0, 0.1) is 24.7 Å². The smallest absolute Gasteiger partial charge is 0.228 e. The van der Waals surface area contributed by atoms with Crippen LogP contribution < -0.4 is 10.6 Å². The molecule has 2 rings (SSSR count). The van der Waals surface area contributed by atoms with Gasteiger partial charge in [-0.1, -0.05) is 32.0 Å². The maximum Gasteiger partial charge on any atom is 0.228 e. The molecule has 20 heavy (non-hydrogen) atoms. The summed E-state index contributed by atoms with van der Waals surface area (Å²) in [5.74, 6) is 0.0455. The molecule has 108 valence electrons. The fourth-order valence-electron chi connectivity index (χ4n) is 2.15. The number of carbonyl (C=O) groups is 2. The Bertz CT molecular complexity index is 511. The zero-order chi connectivity index (χ0) is 14.7. The Balaban J connectivity index is 1.84. The molecule has 0 bridgehead atoms. The zero-order valence-corrected chi connectivity index (χ0v) is 12.3. The van der Waals surface area contributed by atoms with Gasteiger partial charge in [-0.2, -0.15) is 0 Å². The number of nitrogens with one attached hydrogen (secondary N) is 2. The van der Waals surface area contributed by atoms with E-state index in [9.17, 15) is 9.59 Å². The molecule has 2 N–H and O–H groups in total. The topological polar surface area (TPSA) is 58.2 Å². The molecule has 0 aliphatic heterocycles. The average molecular weight is 274 g/mol. The van der Waals surface area contributed by atoms with Crippen LogP contribution in [0.5, 0.6) is 0 Å². The summed E-state index contributed by atoms with van der Waals surface area (Å²) in [7, 11) is 0.